The number of ketones is 2. The number of Topliss-reactive ketones (excluding diaryl/α,β-unsaturated/α-hetero) is 2. The zero-order valence-electron chi connectivity index (χ0n) is 20.6. The van der Waals surface area contributed by atoms with E-state index in [1.54, 1.807) is 0 Å². The maximum atomic E-state index is 13.2. The zero-order chi connectivity index (χ0) is 22.5. The number of hydrogen-bond donors (Lipinski definition) is 0. The molecule has 182 valence electrons. The highest BCUT2D eigenvalue weighted by molar-refractivity contribution is 5.85. The van der Waals surface area contributed by atoms with Gasteiger partial charge in [-0.2, -0.15) is 0 Å². The highest BCUT2D eigenvalue weighted by Crippen LogP contribution is 2.39. The van der Waals surface area contributed by atoms with Gasteiger partial charge in [0.25, 0.3) is 0 Å². The normalized spacial score (nSPS) is 41.2. The molecule has 4 heteroatoms. The SMILES string of the molecule is COC1CCC(OC2CCC(C(=O)C3CCC(C(=O)C4CCC(C)CC4)CC3)CC2)CC1. The van der Waals surface area contributed by atoms with E-state index in [4.69, 9.17) is 9.47 Å². The van der Waals surface area contributed by atoms with Crippen LogP contribution in [0.5, 0.6) is 0 Å². The lowest BCUT2D eigenvalue weighted by atomic mass is 9.70. The average molecular weight is 447 g/mol. The maximum absolute atomic E-state index is 13.2. The maximum Gasteiger partial charge on any atom is 0.139 e. The van der Waals surface area contributed by atoms with Crippen LogP contribution in [0, 0.1) is 29.6 Å². The van der Waals surface area contributed by atoms with Gasteiger partial charge in [-0.3, -0.25) is 9.59 Å². The summed E-state index contributed by atoms with van der Waals surface area (Å²) in [5.74, 6) is 2.80. The summed E-state index contributed by atoms with van der Waals surface area (Å²) < 4.78 is 11.9. The van der Waals surface area contributed by atoms with Gasteiger partial charge in [0, 0.05) is 30.8 Å². The van der Waals surface area contributed by atoms with Gasteiger partial charge in [-0.1, -0.05) is 19.8 Å². The molecule has 0 aromatic carbocycles. The van der Waals surface area contributed by atoms with E-state index in [1.165, 1.54) is 12.8 Å². The summed E-state index contributed by atoms with van der Waals surface area (Å²) in [6.07, 6.45) is 18.1. The van der Waals surface area contributed by atoms with Crippen molar-refractivity contribution in [3.05, 3.63) is 0 Å². The number of rotatable bonds is 7. The molecule has 0 aromatic rings. The molecule has 0 saturated heterocycles. The largest absolute Gasteiger partial charge is 0.381 e. The molecular formula is C28H46O4. The average Bonchev–Trinajstić information content (AvgIpc) is 2.85. The van der Waals surface area contributed by atoms with Crippen molar-refractivity contribution < 1.29 is 19.1 Å². The molecule has 0 atom stereocenters. The van der Waals surface area contributed by atoms with Crippen molar-refractivity contribution in [3.63, 3.8) is 0 Å². The Morgan fingerprint density at radius 1 is 0.500 bits per heavy atom. The van der Waals surface area contributed by atoms with Crippen LogP contribution in [0.2, 0.25) is 0 Å². The number of carbonyl (C=O) groups excluding carboxylic acids is 2. The molecule has 0 aliphatic heterocycles. The van der Waals surface area contributed by atoms with Gasteiger partial charge in [0.1, 0.15) is 11.6 Å². The van der Waals surface area contributed by atoms with Crippen LogP contribution in [0.4, 0.5) is 0 Å². The highest BCUT2D eigenvalue weighted by Gasteiger charge is 2.37. The summed E-state index contributed by atoms with van der Waals surface area (Å²) in [4.78, 5) is 26.2. The number of hydrogen-bond acceptors (Lipinski definition) is 4. The van der Waals surface area contributed by atoms with Crippen LogP contribution in [0.15, 0.2) is 0 Å². The summed E-state index contributed by atoms with van der Waals surface area (Å²) in [6, 6.07) is 0. The van der Waals surface area contributed by atoms with Crippen LogP contribution < -0.4 is 0 Å². The minimum atomic E-state index is 0.206. The third kappa shape index (κ3) is 6.23. The second-order valence-corrected chi connectivity index (χ2v) is 11.6. The number of carbonyl (C=O) groups is 2. The van der Waals surface area contributed by atoms with E-state index in [2.05, 4.69) is 6.92 Å². The third-order valence-corrected chi connectivity index (χ3v) is 9.37. The molecule has 0 amide bonds. The summed E-state index contributed by atoms with van der Waals surface area (Å²) >= 11 is 0. The van der Waals surface area contributed by atoms with Crippen LogP contribution in [-0.2, 0) is 19.1 Å². The van der Waals surface area contributed by atoms with Crippen molar-refractivity contribution in [3.8, 4) is 0 Å². The first-order chi connectivity index (χ1) is 15.5. The van der Waals surface area contributed by atoms with E-state index in [-0.39, 0.29) is 17.8 Å². The second kappa shape index (κ2) is 11.6. The Hall–Kier alpha value is -0.740. The third-order valence-electron chi connectivity index (χ3n) is 9.37. The first kappa shape index (κ1) is 24.4. The Labute approximate surface area is 195 Å². The molecular weight excluding hydrogens is 400 g/mol. The highest BCUT2D eigenvalue weighted by atomic mass is 16.5. The molecule has 4 aliphatic carbocycles. The second-order valence-electron chi connectivity index (χ2n) is 11.6. The van der Waals surface area contributed by atoms with Crippen molar-refractivity contribution in [2.75, 3.05) is 7.11 Å². The van der Waals surface area contributed by atoms with E-state index < -0.39 is 0 Å². The molecule has 4 nitrogen and oxygen atoms in total. The van der Waals surface area contributed by atoms with E-state index in [1.807, 2.05) is 7.11 Å². The van der Waals surface area contributed by atoms with Crippen LogP contribution >= 0.6 is 0 Å². The van der Waals surface area contributed by atoms with E-state index in [9.17, 15) is 9.59 Å². The molecule has 0 heterocycles. The molecule has 0 radical (unpaired) electrons. The zero-order valence-corrected chi connectivity index (χ0v) is 20.6. The van der Waals surface area contributed by atoms with Gasteiger partial charge in [0.15, 0.2) is 0 Å². The van der Waals surface area contributed by atoms with E-state index in [0.717, 1.165) is 95.8 Å². The smallest absolute Gasteiger partial charge is 0.139 e. The molecule has 0 aromatic heterocycles. The lowest BCUT2D eigenvalue weighted by Gasteiger charge is -2.36. The van der Waals surface area contributed by atoms with Crippen molar-refractivity contribution >= 4 is 11.6 Å². The summed E-state index contributed by atoms with van der Waals surface area (Å²) in [6.45, 7) is 2.31. The lowest BCUT2D eigenvalue weighted by molar-refractivity contribution is -0.134. The Morgan fingerprint density at radius 3 is 1.22 bits per heavy atom. The fourth-order valence-corrected chi connectivity index (χ4v) is 7.03. The quantitative estimate of drug-likeness (QED) is 0.461. The first-order valence-electron chi connectivity index (χ1n) is 13.8. The molecule has 4 saturated carbocycles. The first-order valence-corrected chi connectivity index (χ1v) is 13.8. The summed E-state index contributed by atoms with van der Waals surface area (Å²) in [5.41, 5.74) is 0. The van der Waals surface area contributed by atoms with Gasteiger partial charge in [0.05, 0.1) is 18.3 Å². The van der Waals surface area contributed by atoms with Crippen molar-refractivity contribution in [1.29, 1.82) is 0 Å². The summed E-state index contributed by atoms with van der Waals surface area (Å²) in [5, 5.41) is 0. The van der Waals surface area contributed by atoms with Crippen LogP contribution in [-0.4, -0.2) is 37.0 Å². The molecule has 0 unspecified atom stereocenters. The van der Waals surface area contributed by atoms with Gasteiger partial charge in [-0.05, 0) is 95.8 Å². The molecule has 4 aliphatic rings. The molecule has 4 fully saturated rings. The van der Waals surface area contributed by atoms with Gasteiger partial charge in [-0.25, -0.2) is 0 Å². The molecule has 32 heavy (non-hydrogen) atoms. The van der Waals surface area contributed by atoms with Crippen LogP contribution in [0.1, 0.15) is 110 Å². The predicted octanol–water partition coefficient (Wildman–Crippen LogP) is 6.29. The van der Waals surface area contributed by atoms with E-state index >= 15 is 0 Å². The van der Waals surface area contributed by atoms with Crippen LogP contribution in [0.3, 0.4) is 0 Å². The lowest BCUT2D eigenvalue weighted by Crippen LogP contribution is -2.36. The molecule has 0 spiro atoms. The number of methoxy groups -OCH3 is 1. The van der Waals surface area contributed by atoms with Gasteiger partial charge >= 0.3 is 0 Å². The van der Waals surface area contributed by atoms with Crippen LogP contribution in [0.25, 0.3) is 0 Å². The van der Waals surface area contributed by atoms with Crippen molar-refractivity contribution in [2.24, 2.45) is 29.6 Å². The molecule has 0 N–H and O–H groups in total. The molecule has 4 rings (SSSR count). The summed E-state index contributed by atoms with van der Waals surface area (Å²) in [7, 11) is 1.81. The Balaban J connectivity index is 1.15. The topological polar surface area (TPSA) is 52.6 Å². The minimum absolute atomic E-state index is 0.206. The fourth-order valence-electron chi connectivity index (χ4n) is 7.03. The van der Waals surface area contributed by atoms with Gasteiger partial charge in [0.2, 0.25) is 0 Å². The predicted molar refractivity (Wildman–Crippen MR) is 126 cm³/mol. The molecule has 0 bridgehead atoms. The Morgan fingerprint density at radius 2 is 0.812 bits per heavy atom. The Kier molecular flexibility index (Phi) is 8.84. The fraction of sp³-hybridized carbons (Fsp3) is 0.929. The Bertz CT molecular complexity index is 599. The standard InChI is InChI=1S/C28H46O4/c1-19-3-5-20(6-4-19)27(29)21-7-9-22(10-8-21)28(30)23-11-13-25(14-12-23)32-26-17-15-24(31-2)16-18-26/h19-26H,3-18H2,1-2H3. The monoisotopic (exact) mass is 446 g/mol. The van der Waals surface area contributed by atoms with Gasteiger partial charge < -0.3 is 9.47 Å². The van der Waals surface area contributed by atoms with E-state index in [0.29, 0.717) is 35.8 Å². The van der Waals surface area contributed by atoms with Crippen molar-refractivity contribution in [1.82, 2.24) is 0 Å². The minimum Gasteiger partial charge on any atom is -0.381 e. The van der Waals surface area contributed by atoms with Gasteiger partial charge in [-0.15, -0.1) is 0 Å². The van der Waals surface area contributed by atoms with Crippen molar-refractivity contribution in [2.45, 2.75) is 128 Å². The number of ether oxygens (including phenoxy) is 2.